The third-order valence-electron chi connectivity index (χ3n) is 4.69. The zero-order valence-electron chi connectivity index (χ0n) is 18.1. The van der Waals surface area contributed by atoms with Crippen molar-refractivity contribution in [1.82, 2.24) is 20.1 Å². The maximum absolute atomic E-state index is 12.6. The van der Waals surface area contributed by atoms with Gasteiger partial charge in [-0.25, -0.2) is 0 Å². The van der Waals surface area contributed by atoms with Gasteiger partial charge in [-0.05, 0) is 84.5 Å². The fourth-order valence-corrected chi connectivity index (χ4v) is 4.59. The summed E-state index contributed by atoms with van der Waals surface area (Å²) < 4.78 is 2.95. The lowest BCUT2D eigenvalue weighted by Gasteiger charge is -2.15. The van der Waals surface area contributed by atoms with Gasteiger partial charge in [0, 0.05) is 26.4 Å². The summed E-state index contributed by atoms with van der Waals surface area (Å²) in [5.74, 6) is 0.372. The summed E-state index contributed by atoms with van der Waals surface area (Å²) >= 11 is 9.41. The first-order valence-corrected chi connectivity index (χ1v) is 12.5. The first-order valence-electron chi connectivity index (χ1n) is 10.1. The van der Waals surface area contributed by atoms with Crippen LogP contribution in [0.4, 0.5) is 5.69 Å². The summed E-state index contributed by atoms with van der Waals surface area (Å²) in [5, 5.41) is 15.5. The highest BCUT2D eigenvalue weighted by atomic mass is 127. The average molecular weight is 596 g/mol. The van der Waals surface area contributed by atoms with E-state index in [-0.39, 0.29) is 17.6 Å². The summed E-state index contributed by atoms with van der Waals surface area (Å²) in [6.45, 7) is 8.03. The summed E-state index contributed by atoms with van der Waals surface area (Å²) in [7, 11) is 0. The minimum absolute atomic E-state index is 0.136. The Bertz CT molecular complexity index is 1170. The largest absolute Gasteiger partial charge is 0.342 e. The van der Waals surface area contributed by atoms with Crippen molar-refractivity contribution in [2.75, 3.05) is 11.1 Å². The van der Waals surface area contributed by atoms with Gasteiger partial charge >= 0.3 is 0 Å². The van der Waals surface area contributed by atoms with Crippen LogP contribution in [0.2, 0.25) is 5.02 Å². The number of rotatable bonds is 9. The molecule has 0 aliphatic rings. The predicted octanol–water partition coefficient (Wildman–Crippen LogP) is 5.25. The van der Waals surface area contributed by atoms with E-state index in [2.05, 4.69) is 50.0 Å². The number of nitrogens with one attached hydrogen (secondary N) is 2. The molecule has 7 nitrogen and oxygen atoms in total. The zero-order chi connectivity index (χ0) is 24.0. The van der Waals surface area contributed by atoms with Crippen molar-refractivity contribution in [3.63, 3.8) is 0 Å². The molecule has 0 saturated carbocycles. The number of anilines is 1. The lowest BCUT2D eigenvalue weighted by molar-refractivity contribution is -0.113. The molecule has 2 N–H and O–H groups in total. The Labute approximate surface area is 215 Å². The van der Waals surface area contributed by atoms with Crippen LogP contribution in [-0.4, -0.2) is 32.3 Å². The van der Waals surface area contributed by atoms with Crippen molar-refractivity contribution in [3.8, 4) is 0 Å². The molecule has 2 amide bonds. The number of hydrogen-bond acceptors (Lipinski definition) is 5. The van der Waals surface area contributed by atoms with Crippen LogP contribution in [0.3, 0.4) is 0 Å². The van der Waals surface area contributed by atoms with Crippen molar-refractivity contribution in [1.29, 1.82) is 0 Å². The Hall–Kier alpha value is -2.37. The lowest BCUT2D eigenvalue weighted by atomic mass is 10.2. The molecular formula is C23H23ClIN5O2S. The van der Waals surface area contributed by atoms with Crippen molar-refractivity contribution in [3.05, 3.63) is 80.7 Å². The predicted molar refractivity (Wildman–Crippen MR) is 141 cm³/mol. The van der Waals surface area contributed by atoms with E-state index in [1.807, 2.05) is 36.6 Å². The number of thioether (sulfide) groups is 1. The molecule has 0 aliphatic carbocycles. The van der Waals surface area contributed by atoms with Crippen LogP contribution in [0.25, 0.3) is 0 Å². The number of carbonyl (C=O) groups is 2. The molecule has 1 atom stereocenters. The van der Waals surface area contributed by atoms with Crippen LogP contribution in [0.5, 0.6) is 0 Å². The molecule has 1 aromatic heterocycles. The van der Waals surface area contributed by atoms with Crippen LogP contribution >= 0.6 is 46.0 Å². The van der Waals surface area contributed by atoms with Crippen molar-refractivity contribution in [2.45, 2.75) is 31.6 Å². The topological polar surface area (TPSA) is 88.9 Å². The van der Waals surface area contributed by atoms with Crippen LogP contribution in [0.15, 0.2) is 60.3 Å². The van der Waals surface area contributed by atoms with Crippen molar-refractivity contribution in [2.24, 2.45) is 0 Å². The molecule has 172 valence electrons. The van der Waals surface area contributed by atoms with E-state index < -0.39 is 6.04 Å². The van der Waals surface area contributed by atoms with Crippen molar-refractivity contribution < 1.29 is 9.59 Å². The number of aromatic nitrogens is 3. The number of halogens is 2. The van der Waals surface area contributed by atoms with Gasteiger partial charge in [0.1, 0.15) is 0 Å². The smallest absolute Gasteiger partial charge is 0.251 e. The van der Waals surface area contributed by atoms with E-state index in [0.29, 0.717) is 28.1 Å². The standard InChI is InChI=1S/C23H23ClIN5O2S/c1-4-11-30-21(15(3)26-22(32)16-5-7-17(24)8-6-16)28-29-23(30)33-13-20(31)27-19-10-9-18(25)12-14(19)2/h4-10,12,15H,1,11,13H2,2-3H3,(H,26,32)(H,27,31)/t15-/m0/s1. The molecule has 0 bridgehead atoms. The second-order valence-electron chi connectivity index (χ2n) is 7.24. The van der Waals surface area contributed by atoms with Gasteiger partial charge < -0.3 is 15.2 Å². The fourth-order valence-electron chi connectivity index (χ4n) is 3.06. The molecular weight excluding hydrogens is 573 g/mol. The number of allylic oxidation sites excluding steroid dienone is 1. The molecule has 10 heteroatoms. The summed E-state index contributed by atoms with van der Waals surface area (Å²) in [4.78, 5) is 25.0. The fraction of sp³-hybridized carbons (Fsp3) is 0.217. The summed E-state index contributed by atoms with van der Waals surface area (Å²) in [5.41, 5.74) is 2.29. The van der Waals surface area contributed by atoms with Gasteiger partial charge in [0.2, 0.25) is 5.91 Å². The van der Waals surface area contributed by atoms with E-state index in [1.165, 1.54) is 11.8 Å². The molecule has 0 fully saturated rings. The molecule has 0 radical (unpaired) electrons. The van der Waals surface area contributed by atoms with Gasteiger partial charge in [0.05, 0.1) is 11.8 Å². The normalized spacial score (nSPS) is 11.6. The second kappa shape index (κ2) is 11.7. The quantitative estimate of drug-likeness (QED) is 0.200. The third-order valence-corrected chi connectivity index (χ3v) is 6.58. The third kappa shape index (κ3) is 6.81. The molecule has 0 saturated heterocycles. The van der Waals surface area contributed by atoms with Crippen molar-refractivity contribution >= 4 is 63.5 Å². The molecule has 1 heterocycles. The number of nitrogens with zero attached hydrogens (tertiary/aromatic N) is 3. The molecule has 3 rings (SSSR count). The molecule has 0 aliphatic heterocycles. The monoisotopic (exact) mass is 595 g/mol. The van der Waals surface area contributed by atoms with E-state index in [4.69, 9.17) is 11.6 Å². The molecule has 0 spiro atoms. The van der Waals surface area contributed by atoms with Crippen LogP contribution in [0.1, 0.15) is 34.7 Å². The minimum atomic E-state index is -0.404. The van der Waals surface area contributed by atoms with Gasteiger partial charge in [0.15, 0.2) is 11.0 Å². The number of amides is 2. The Kier molecular flexibility index (Phi) is 8.93. The van der Waals surface area contributed by atoms with Gasteiger partial charge in [-0.1, -0.05) is 29.4 Å². The lowest BCUT2D eigenvalue weighted by Crippen LogP contribution is -2.28. The highest BCUT2D eigenvalue weighted by molar-refractivity contribution is 14.1. The maximum atomic E-state index is 12.6. The Morgan fingerprint density at radius 2 is 1.97 bits per heavy atom. The van der Waals surface area contributed by atoms with Gasteiger partial charge in [0.25, 0.3) is 5.91 Å². The first kappa shape index (κ1) is 25.3. The SMILES string of the molecule is C=CCn1c(SCC(=O)Nc2ccc(I)cc2C)nnc1[C@H](C)NC(=O)c1ccc(Cl)cc1. The second-order valence-corrected chi connectivity index (χ2v) is 9.86. The average Bonchev–Trinajstić information content (AvgIpc) is 3.17. The van der Waals surface area contributed by atoms with Gasteiger partial charge in [-0.3, -0.25) is 9.59 Å². The maximum Gasteiger partial charge on any atom is 0.251 e. The van der Waals surface area contributed by atoms with E-state index in [1.54, 1.807) is 30.3 Å². The molecule has 2 aromatic carbocycles. The van der Waals surface area contributed by atoms with Crippen LogP contribution in [-0.2, 0) is 11.3 Å². The number of benzene rings is 2. The van der Waals surface area contributed by atoms with Gasteiger partial charge in [-0.2, -0.15) is 0 Å². The van der Waals surface area contributed by atoms with E-state index in [9.17, 15) is 9.59 Å². The highest BCUT2D eigenvalue weighted by Gasteiger charge is 2.20. The van der Waals surface area contributed by atoms with Crippen LogP contribution in [0, 0.1) is 10.5 Å². The summed E-state index contributed by atoms with van der Waals surface area (Å²) in [6.07, 6.45) is 1.72. The Balaban J connectivity index is 1.66. The molecule has 3 aromatic rings. The zero-order valence-corrected chi connectivity index (χ0v) is 21.9. The Morgan fingerprint density at radius 1 is 1.24 bits per heavy atom. The number of hydrogen-bond donors (Lipinski definition) is 2. The van der Waals surface area contributed by atoms with E-state index >= 15 is 0 Å². The number of aryl methyl sites for hydroxylation is 1. The van der Waals surface area contributed by atoms with Gasteiger partial charge in [-0.15, -0.1) is 16.8 Å². The van der Waals surface area contributed by atoms with E-state index in [0.717, 1.165) is 14.8 Å². The molecule has 0 unspecified atom stereocenters. The minimum Gasteiger partial charge on any atom is -0.342 e. The highest BCUT2D eigenvalue weighted by Crippen LogP contribution is 2.23. The number of carbonyl (C=O) groups excluding carboxylic acids is 2. The van der Waals surface area contributed by atoms with Crippen LogP contribution < -0.4 is 10.6 Å². The first-order chi connectivity index (χ1) is 15.8. The summed E-state index contributed by atoms with van der Waals surface area (Å²) in [6, 6.07) is 12.1. The Morgan fingerprint density at radius 3 is 2.64 bits per heavy atom. The molecule has 33 heavy (non-hydrogen) atoms.